The molecule has 3 fully saturated rings. The molecule has 4 heteroatoms. The number of nitrogens with one attached hydrogen (secondary N) is 1. The van der Waals surface area contributed by atoms with Gasteiger partial charge in [0.15, 0.2) is 0 Å². The van der Waals surface area contributed by atoms with E-state index in [1.54, 1.807) is 7.11 Å². The first-order valence-electron chi connectivity index (χ1n) is 8.53. The van der Waals surface area contributed by atoms with Crippen LogP contribution in [0.2, 0.25) is 0 Å². The van der Waals surface area contributed by atoms with Crippen molar-refractivity contribution in [3.8, 4) is 0 Å². The third-order valence-electron chi connectivity index (χ3n) is 5.50. The number of fused-ring (bicyclic) bond motifs is 2. The molecule has 0 aliphatic carbocycles. The summed E-state index contributed by atoms with van der Waals surface area (Å²) in [6.07, 6.45) is 7.15. The first kappa shape index (κ1) is 14.8. The number of piperazine rings is 1. The second-order valence-corrected chi connectivity index (χ2v) is 6.94. The van der Waals surface area contributed by atoms with Gasteiger partial charge < -0.3 is 15.0 Å². The molecule has 0 amide bonds. The van der Waals surface area contributed by atoms with E-state index in [1.807, 2.05) is 0 Å². The minimum Gasteiger partial charge on any atom is -0.383 e. The smallest absolute Gasteiger partial charge is 0.0589 e. The van der Waals surface area contributed by atoms with Crippen LogP contribution in [0.5, 0.6) is 0 Å². The van der Waals surface area contributed by atoms with Crippen LogP contribution in [-0.2, 0) is 4.74 Å². The van der Waals surface area contributed by atoms with Gasteiger partial charge in [0.25, 0.3) is 0 Å². The van der Waals surface area contributed by atoms with Crippen LogP contribution < -0.4 is 5.32 Å². The van der Waals surface area contributed by atoms with Gasteiger partial charge in [-0.25, -0.2) is 0 Å². The van der Waals surface area contributed by atoms with Crippen LogP contribution in [-0.4, -0.2) is 74.9 Å². The van der Waals surface area contributed by atoms with Gasteiger partial charge >= 0.3 is 0 Å². The molecule has 2 bridgehead atoms. The molecular weight excluding hydrogens is 250 g/mol. The molecule has 3 saturated heterocycles. The molecule has 0 aromatic heterocycles. The Kier molecular flexibility index (Phi) is 5.32. The minimum absolute atomic E-state index is 0.852. The van der Waals surface area contributed by atoms with E-state index >= 15 is 0 Å². The van der Waals surface area contributed by atoms with Crippen molar-refractivity contribution in [2.24, 2.45) is 5.92 Å². The van der Waals surface area contributed by atoms with Gasteiger partial charge in [0.1, 0.15) is 0 Å². The normalized spacial score (nSPS) is 35.5. The zero-order valence-corrected chi connectivity index (χ0v) is 13.0. The largest absolute Gasteiger partial charge is 0.383 e. The van der Waals surface area contributed by atoms with Crippen LogP contribution in [0.25, 0.3) is 0 Å². The number of nitrogens with zero attached hydrogens (tertiary/aromatic N) is 2. The van der Waals surface area contributed by atoms with E-state index in [-0.39, 0.29) is 0 Å². The highest BCUT2D eigenvalue weighted by molar-refractivity contribution is 4.92. The second-order valence-electron chi connectivity index (χ2n) is 6.94. The molecule has 4 nitrogen and oxygen atoms in total. The molecule has 0 spiro atoms. The average Bonchev–Trinajstić information content (AvgIpc) is 2.83. The highest BCUT2D eigenvalue weighted by Gasteiger charge is 2.33. The van der Waals surface area contributed by atoms with E-state index in [1.165, 1.54) is 64.8 Å². The van der Waals surface area contributed by atoms with Crippen molar-refractivity contribution in [2.45, 2.75) is 44.2 Å². The predicted octanol–water partition coefficient (Wildman–Crippen LogP) is 1.17. The fourth-order valence-corrected chi connectivity index (χ4v) is 4.23. The molecule has 3 aliphatic rings. The number of piperidine rings is 1. The zero-order valence-electron chi connectivity index (χ0n) is 13.0. The highest BCUT2D eigenvalue weighted by Crippen LogP contribution is 2.32. The van der Waals surface area contributed by atoms with Crippen molar-refractivity contribution in [3.05, 3.63) is 0 Å². The Balaban J connectivity index is 1.32. The Bertz CT molecular complexity index is 279. The second kappa shape index (κ2) is 7.21. The third kappa shape index (κ3) is 3.94. The van der Waals surface area contributed by atoms with Crippen molar-refractivity contribution in [1.29, 1.82) is 0 Å². The molecule has 20 heavy (non-hydrogen) atoms. The lowest BCUT2D eigenvalue weighted by Gasteiger charge is -2.36. The molecule has 3 rings (SSSR count). The number of rotatable bonds is 6. The van der Waals surface area contributed by atoms with E-state index in [4.69, 9.17) is 4.74 Å². The van der Waals surface area contributed by atoms with E-state index in [2.05, 4.69) is 15.1 Å². The molecule has 0 aromatic carbocycles. The van der Waals surface area contributed by atoms with Crippen LogP contribution in [0.3, 0.4) is 0 Å². The Morgan fingerprint density at radius 1 is 0.950 bits per heavy atom. The molecule has 0 radical (unpaired) electrons. The van der Waals surface area contributed by atoms with Crippen LogP contribution >= 0.6 is 0 Å². The van der Waals surface area contributed by atoms with Gasteiger partial charge in [-0.15, -0.1) is 0 Å². The van der Waals surface area contributed by atoms with Gasteiger partial charge in [0, 0.05) is 51.9 Å². The molecule has 3 aliphatic heterocycles. The highest BCUT2D eigenvalue weighted by atomic mass is 16.5. The van der Waals surface area contributed by atoms with Crippen molar-refractivity contribution in [2.75, 3.05) is 53.0 Å². The van der Waals surface area contributed by atoms with Gasteiger partial charge in [-0.3, -0.25) is 4.90 Å². The van der Waals surface area contributed by atoms with Crippen LogP contribution in [0.4, 0.5) is 0 Å². The number of methoxy groups -OCH3 is 1. The Morgan fingerprint density at radius 3 is 2.15 bits per heavy atom. The fourth-order valence-electron chi connectivity index (χ4n) is 4.23. The summed E-state index contributed by atoms with van der Waals surface area (Å²) in [6.45, 7) is 8.24. The SMILES string of the molecule is COCCN1CCN(CCC2CC3CCC(C2)N3)CC1. The molecule has 2 atom stereocenters. The monoisotopic (exact) mass is 281 g/mol. The predicted molar refractivity (Wildman–Crippen MR) is 82.0 cm³/mol. The Morgan fingerprint density at radius 2 is 1.55 bits per heavy atom. The first-order valence-corrected chi connectivity index (χ1v) is 8.53. The first-order chi connectivity index (χ1) is 9.83. The van der Waals surface area contributed by atoms with Gasteiger partial charge in [-0.05, 0) is 44.6 Å². The van der Waals surface area contributed by atoms with Crippen LogP contribution in [0, 0.1) is 5.92 Å². The van der Waals surface area contributed by atoms with Crippen LogP contribution in [0.15, 0.2) is 0 Å². The standard InChI is InChI=1S/C16H31N3O/c1-20-11-10-19-8-6-18(7-9-19)5-4-14-12-15-2-3-16(13-14)17-15/h14-17H,2-13H2,1H3. The van der Waals surface area contributed by atoms with E-state index in [9.17, 15) is 0 Å². The number of ether oxygens (including phenoxy) is 1. The molecular formula is C16H31N3O. The van der Waals surface area contributed by atoms with Crippen molar-refractivity contribution >= 4 is 0 Å². The van der Waals surface area contributed by atoms with Crippen molar-refractivity contribution in [1.82, 2.24) is 15.1 Å². The summed E-state index contributed by atoms with van der Waals surface area (Å²) >= 11 is 0. The van der Waals surface area contributed by atoms with Gasteiger partial charge in [0.2, 0.25) is 0 Å². The van der Waals surface area contributed by atoms with Gasteiger partial charge in [0.05, 0.1) is 6.61 Å². The summed E-state index contributed by atoms with van der Waals surface area (Å²) < 4.78 is 5.16. The topological polar surface area (TPSA) is 27.7 Å². The van der Waals surface area contributed by atoms with E-state index < -0.39 is 0 Å². The Hall–Kier alpha value is -0.160. The molecule has 3 heterocycles. The summed E-state index contributed by atoms with van der Waals surface area (Å²) in [5.74, 6) is 0.986. The molecule has 1 N–H and O–H groups in total. The Labute approximate surface area is 123 Å². The van der Waals surface area contributed by atoms with Gasteiger partial charge in [-0.2, -0.15) is 0 Å². The lowest BCUT2D eigenvalue weighted by atomic mass is 9.89. The zero-order chi connectivity index (χ0) is 13.8. The van der Waals surface area contributed by atoms with E-state index in [0.29, 0.717) is 0 Å². The summed E-state index contributed by atoms with van der Waals surface area (Å²) in [7, 11) is 1.79. The maximum Gasteiger partial charge on any atom is 0.0589 e. The summed E-state index contributed by atoms with van der Waals surface area (Å²) in [4.78, 5) is 5.21. The molecule has 2 unspecified atom stereocenters. The average molecular weight is 281 g/mol. The van der Waals surface area contributed by atoms with Crippen LogP contribution in [0.1, 0.15) is 32.1 Å². The lowest BCUT2D eigenvalue weighted by Crippen LogP contribution is -2.48. The third-order valence-corrected chi connectivity index (χ3v) is 5.50. The number of hydrogen-bond acceptors (Lipinski definition) is 4. The number of hydrogen-bond donors (Lipinski definition) is 1. The fraction of sp³-hybridized carbons (Fsp3) is 1.00. The lowest BCUT2D eigenvalue weighted by molar-refractivity contribution is 0.0922. The maximum atomic E-state index is 5.16. The molecule has 0 aromatic rings. The van der Waals surface area contributed by atoms with E-state index in [0.717, 1.165) is 31.2 Å². The van der Waals surface area contributed by atoms with Crippen molar-refractivity contribution < 1.29 is 4.74 Å². The maximum absolute atomic E-state index is 5.16. The minimum atomic E-state index is 0.852. The molecule has 0 saturated carbocycles. The summed E-state index contributed by atoms with van der Waals surface area (Å²) in [5.41, 5.74) is 0. The summed E-state index contributed by atoms with van der Waals surface area (Å²) in [6, 6.07) is 1.70. The molecule has 116 valence electrons. The summed E-state index contributed by atoms with van der Waals surface area (Å²) in [5, 5.41) is 3.75. The quantitative estimate of drug-likeness (QED) is 0.791. The van der Waals surface area contributed by atoms with Gasteiger partial charge in [-0.1, -0.05) is 0 Å². The van der Waals surface area contributed by atoms with Crippen molar-refractivity contribution in [3.63, 3.8) is 0 Å².